The number of nitrogens with zero attached hydrogens (tertiary/aromatic N) is 4. The van der Waals surface area contributed by atoms with Crippen molar-refractivity contribution in [2.75, 3.05) is 5.32 Å². The minimum atomic E-state index is -0.462. The standard InChI is InChI=1S/C27H20FN7OS/c28-20-10-16(17-8-18(12-29-11-17)31-27(36)14-2-1-3-14)9-19-23(20)34-35-24(19)26-32-21-4-6-30-22(25(21)33-26)15-5-7-37-13-15/h4-14H,1-3H2,(H,31,36)(H,32,33)(H,34,35). The van der Waals surface area contributed by atoms with Gasteiger partial charge in [-0.3, -0.25) is 19.9 Å². The number of anilines is 1. The molecule has 1 aliphatic carbocycles. The number of rotatable bonds is 5. The van der Waals surface area contributed by atoms with Crippen LogP contribution in [0.1, 0.15) is 19.3 Å². The molecule has 0 spiro atoms. The van der Waals surface area contributed by atoms with Gasteiger partial charge in [-0.2, -0.15) is 16.4 Å². The van der Waals surface area contributed by atoms with Crippen LogP contribution in [0.4, 0.5) is 10.1 Å². The van der Waals surface area contributed by atoms with E-state index in [0.29, 0.717) is 33.7 Å². The lowest BCUT2D eigenvalue weighted by atomic mass is 9.85. The molecule has 3 N–H and O–H groups in total. The van der Waals surface area contributed by atoms with Crippen LogP contribution in [-0.2, 0) is 4.79 Å². The van der Waals surface area contributed by atoms with Gasteiger partial charge in [0.2, 0.25) is 5.91 Å². The highest BCUT2D eigenvalue weighted by atomic mass is 32.1. The predicted octanol–water partition coefficient (Wildman–Crippen LogP) is 6.17. The summed E-state index contributed by atoms with van der Waals surface area (Å²) in [6, 6.07) is 8.96. The summed E-state index contributed by atoms with van der Waals surface area (Å²) in [7, 11) is 0. The first-order valence-corrected chi connectivity index (χ1v) is 12.9. The first-order valence-electron chi connectivity index (χ1n) is 12.0. The van der Waals surface area contributed by atoms with Crippen molar-refractivity contribution in [2.45, 2.75) is 19.3 Å². The summed E-state index contributed by atoms with van der Waals surface area (Å²) < 4.78 is 15.2. The van der Waals surface area contributed by atoms with Crippen molar-refractivity contribution in [1.29, 1.82) is 0 Å². The highest BCUT2D eigenvalue weighted by molar-refractivity contribution is 7.08. The number of carbonyl (C=O) groups is 1. The van der Waals surface area contributed by atoms with Gasteiger partial charge in [0.25, 0.3) is 0 Å². The SMILES string of the molecule is O=C(Nc1cncc(-c2cc(F)c3n[nH]c(-c4nc5c(-c6ccsc6)nccc5[nH]4)c3c2)c1)C1CCC1. The Hall–Kier alpha value is -4.44. The Morgan fingerprint density at radius 3 is 2.81 bits per heavy atom. The number of fused-ring (bicyclic) bond motifs is 2. The number of nitrogens with one attached hydrogen (secondary N) is 3. The number of pyridine rings is 2. The molecular formula is C27H20FN7OS. The Morgan fingerprint density at radius 1 is 1.08 bits per heavy atom. The summed E-state index contributed by atoms with van der Waals surface area (Å²) in [4.78, 5) is 29.3. The van der Waals surface area contributed by atoms with Gasteiger partial charge in [0, 0.05) is 40.2 Å². The van der Waals surface area contributed by atoms with E-state index in [-0.39, 0.29) is 17.3 Å². The number of benzene rings is 1. The maximum Gasteiger partial charge on any atom is 0.227 e. The Bertz CT molecular complexity index is 1790. The zero-order valence-corrected chi connectivity index (χ0v) is 20.3. The lowest BCUT2D eigenvalue weighted by Gasteiger charge is -2.24. The average molecular weight is 510 g/mol. The lowest BCUT2D eigenvalue weighted by Crippen LogP contribution is -2.28. The molecule has 37 heavy (non-hydrogen) atoms. The number of H-pyrrole nitrogens is 2. The summed E-state index contributed by atoms with van der Waals surface area (Å²) in [6.45, 7) is 0. The van der Waals surface area contributed by atoms with Crippen molar-refractivity contribution < 1.29 is 9.18 Å². The summed E-state index contributed by atoms with van der Waals surface area (Å²) in [5.41, 5.74) is 6.03. The molecule has 8 nitrogen and oxygen atoms in total. The Morgan fingerprint density at radius 2 is 2.00 bits per heavy atom. The minimum absolute atomic E-state index is 0.00477. The third-order valence-electron chi connectivity index (χ3n) is 6.86. The summed E-state index contributed by atoms with van der Waals surface area (Å²) in [6.07, 6.45) is 7.90. The van der Waals surface area contributed by atoms with Crippen LogP contribution in [0.15, 0.2) is 59.7 Å². The number of hydrogen-bond acceptors (Lipinski definition) is 6. The van der Waals surface area contributed by atoms with E-state index < -0.39 is 5.82 Å². The number of halogens is 1. The van der Waals surface area contributed by atoms with E-state index in [4.69, 9.17) is 4.98 Å². The van der Waals surface area contributed by atoms with Crippen LogP contribution < -0.4 is 5.32 Å². The molecule has 0 bridgehead atoms. The molecule has 6 aromatic rings. The van der Waals surface area contributed by atoms with E-state index >= 15 is 4.39 Å². The van der Waals surface area contributed by atoms with Gasteiger partial charge in [-0.05, 0) is 54.1 Å². The zero-order chi connectivity index (χ0) is 24.9. The van der Waals surface area contributed by atoms with Gasteiger partial charge in [-0.15, -0.1) is 0 Å². The number of hydrogen-bond donors (Lipinski definition) is 3. The van der Waals surface area contributed by atoms with Crippen LogP contribution in [0.5, 0.6) is 0 Å². The molecule has 10 heteroatoms. The van der Waals surface area contributed by atoms with Crippen LogP contribution in [-0.4, -0.2) is 36.0 Å². The zero-order valence-electron chi connectivity index (χ0n) is 19.5. The van der Waals surface area contributed by atoms with E-state index in [1.165, 1.54) is 6.07 Å². The molecule has 0 aliphatic heterocycles. The monoisotopic (exact) mass is 509 g/mol. The predicted molar refractivity (Wildman–Crippen MR) is 141 cm³/mol. The van der Waals surface area contributed by atoms with Crippen LogP contribution in [0.25, 0.3) is 55.8 Å². The molecule has 1 aromatic carbocycles. The quantitative estimate of drug-likeness (QED) is 0.257. The Balaban J connectivity index is 1.29. The van der Waals surface area contributed by atoms with Gasteiger partial charge < -0.3 is 10.3 Å². The van der Waals surface area contributed by atoms with Crippen LogP contribution >= 0.6 is 11.3 Å². The van der Waals surface area contributed by atoms with E-state index in [2.05, 4.69) is 30.5 Å². The summed E-state index contributed by atoms with van der Waals surface area (Å²) in [5.74, 6) is 0.143. The number of imidazole rings is 1. The smallest absolute Gasteiger partial charge is 0.227 e. The molecule has 1 amide bonds. The molecule has 0 atom stereocenters. The topological polar surface area (TPSA) is 112 Å². The second-order valence-electron chi connectivity index (χ2n) is 9.19. The van der Waals surface area contributed by atoms with E-state index in [9.17, 15) is 4.79 Å². The molecule has 1 saturated carbocycles. The summed E-state index contributed by atoms with van der Waals surface area (Å²) in [5, 5.41) is 14.7. The molecule has 0 unspecified atom stereocenters. The van der Waals surface area contributed by atoms with Gasteiger partial charge in [-0.1, -0.05) is 6.42 Å². The minimum Gasteiger partial charge on any atom is -0.337 e. The van der Waals surface area contributed by atoms with Gasteiger partial charge in [0.05, 0.1) is 23.1 Å². The fourth-order valence-corrected chi connectivity index (χ4v) is 5.31. The van der Waals surface area contributed by atoms with E-state index in [1.54, 1.807) is 29.9 Å². The number of thiophene rings is 1. The molecule has 5 aromatic heterocycles. The maximum atomic E-state index is 15.2. The fourth-order valence-electron chi connectivity index (χ4n) is 4.67. The van der Waals surface area contributed by atoms with Crippen molar-refractivity contribution in [2.24, 2.45) is 5.92 Å². The van der Waals surface area contributed by atoms with Crippen molar-refractivity contribution >= 4 is 44.9 Å². The third kappa shape index (κ3) is 3.77. The lowest BCUT2D eigenvalue weighted by molar-refractivity contribution is -0.122. The molecule has 0 saturated heterocycles. The van der Waals surface area contributed by atoms with Gasteiger partial charge in [0.15, 0.2) is 11.6 Å². The van der Waals surface area contributed by atoms with Crippen LogP contribution in [0, 0.1) is 11.7 Å². The molecule has 1 fully saturated rings. The van der Waals surface area contributed by atoms with E-state index in [1.807, 2.05) is 35.0 Å². The van der Waals surface area contributed by atoms with Crippen LogP contribution in [0.2, 0.25) is 0 Å². The second kappa shape index (κ2) is 8.59. The molecule has 1 aliphatic rings. The van der Waals surface area contributed by atoms with Crippen molar-refractivity contribution in [3.63, 3.8) is 0 Å². The van der Waals surface area contributed by atoms with Crippen molar-refractivity contribution in [1.82, 2.24) is 30.1 Å². The number of aromatic amines is 2. The van der Waals surface area contributed by atoms with Gasteiger partial charge in [0.1, 0.15) is 16.7 Å². The van der Waals surface area contributed by atoms with Crippen molar-refractivity contribution in [3.05, 3.63) is 65.5 Å². The molecule has 5 heterocycles. The normalized spacial score (nSPS) is 13.8. The Kier molecular flexibility index (Phi) is 5.07. The van der Waals surface area contributed by atoms with Gasteiger partial charge >= 0.3 is 0 Å². The summed E-state index contributed by atoms with van der Waals surface area (Å²) >= 11 is 1.60. The third-order valence-corrected chi connectivity index (χ3v) is 7.54. The molecule has 0 radical (unpaired) electrons. The Labute approximate surface area is 214 Å². The number of amides is 1. The number of aromatic nitrogens is 6. The maximum absolute atomic E-state index is 15.2. The highest BCUT2D eigenvalue weighted by Crippen LogP contribution is 2.34. The largest absolute Gasteiger partial charge is 0.337 e. The fraction of sp³-hybridized carbons (Fsp3) is 0.148. The second-order valence-corrected chi connectivity index (χ2v) is 9.97. The van der Waals surface area contributed by atoms with Gasteiger partial charge in [-0.25, -0.2) is 9.37 Å². The highest BCUT2D eigenvalue weighted by Gasteiger charge is 2.25. The number of carbonyl (C=O) groups excluding carboxylic acids is 1. The van der Waals surface area contributed by atoms with Crippen molar-refractivity contribution in [3.8, 4) is 33.9 Å². The first kappa shape index (κ1) is 21.8. The molecule has 7 rings (SSSR count). The van der Waals surface area contributed by atoms with E-state index in [0.717, 1.165) is 41.6 Å². The first-order chi connectivity index (χ1) is 18.1. The molecular weight excluding hydrogens is 489 g/mol. The van der Waals surface area contributed by atoms with Crippen LogP contribution in [0.3, 0.4) is 0 Å². The molecule has 182 valence electrons. The average Bonchev–Trinajstić information content (AvgIpc) is 3.61.